The fraction of sp³-hybridized carbons (Fsp3) is 0.188. The van der Waals surface area contributed by atoms with E-state index in [4.69, 9.17) is 0 Å². The second-order valence-electron chi connectivity index (χ2n) is 4.62. The highest BCUT2D eigenvalue weighted by atomic mass is 19.1. The average Bonchev–Trinajstić information content (AvgIpc) is 2.34. The van der Waals surface area contributed by atoms with Gasteiger partial charge in [0.15, 0.2) is 0 Å². The number of benzene rings is 2. The molecule has 0 aliphatic carbocycles. The van der Waals surface area contributed by atoms with E-state index in [9.17, 15) is 9.18 Å². The summed E-state index contributed by atoms with van der Waals surface area (Å²) in [5, 5.41) is 2.89. The van der Waals surface area contributed by atoms with Crippen molar-refractivity contribution in [3.05, 3.63) is 65.0 Å². The second kappa shape index (κ2) is 5.65. The molecule has 0 aromatic heterocycles. The van der Waals surface area contributed by atoms with Crippen LogP contribution in [0.25, 0.3) is 0 Å². The highest BCUT2D eigenvalue weighted by Gasteiger charge is 2.08. The fourth-order valence-electron chi connectivity index (χ4n) is 2.03. The van der Waals surface area contributed by atoms with Gasteiger partial charge in [-0.15, -0.1) is 0 Å². The Balaban J connectivity index is 2.10. The summed E-state index contributed by atoms with van der Waals surface area (Å²) in [5.41, 5.74) is 3.55. The average molecular weight is 257 g/mol. The van der Waals surface area contributed by atoms with Crippen molar-refractivity contribution < 1.29 is 9.18 Å². The van der Waals surface area contributed by atoms with Crippen LogP contribution < -0.4 is 5.32 Å². The number of halogens is 1. The van der Waals surface area contributed by atoms with Crippen molar-refractivity contribution in [3.63, 3.8) is 0 Å². The number of nitrogens with one attached hydrogen (secondary N) is 1. The van der Waals surface area contributed by atoms with E-state index in [1.807, 2.05) is 32.0 Å². The molecule has 0 atom stereocenters. The van der Waals surface area contributed by atoms with E-state index in [-0.39, 0.29) is 18.1 Å². The van der Waals surface area contributed by atoms with Gasteiger partial charge in [-0.25, -0.2) is 4.39 Å². The van der Waals surface area contributed by atoms with Gasteiger partial charge in [0.25, 0.3) is 0 Å². The summed E-state index contributed by atoms with van der Waals surface area (Å²) in [5.74, 6) is -0.458. The van der Waals surface area contributed by atoms with Crippen molar-refractivity contribution in [2.75, 3.05) is 5.32 Å². The lowest BCUT2D eigenvalue weighted by atomic mass is 10.1. The first-order valence-electron chi connectivity index (χ1n) is 6.17. The van der Waals surface area contributed by atoms with Gasteiger partial charge in [0, 0.05) is 5.69 Å². The van der Waals surface area contributed by atoms with Gasteiger partial charge >= 0.3 is 0 Å². The number of amides is 1. The molecule has 0 spiro atoms. The van der Waals surface area contributed by atoms with Gasteiger partial charge in [-0.3, -0.25) is 4.79 Å². The lowest BCUT2D eigenvalue weighted by Crippen LogP contribution is -2.16. The molecule has 19 heavy (non-hydrogen) atoms. The van der Waals surface area contributed by atoms with Crippen molar-refractivity contribution in [2.45, 2.75) is 20.3 Å². The van der Waals surface area contributed by atoms with Crippen molar-refractivity contribution in [2.24, 2.45) is 0 Å². The third kappa shape index (κ3) is 3.41. The predicted octanol–water partition coefficient (Wildman–Crippen LogP) is 3.62. The number of carbonyl (C=O) groups excluding carboxylic acids is 1. The van der Waals surface area contributed by atoms with E-state index >= 15 is 0 Å². The molecule has 1 amide bonds. The van der Waals surface area contributed by atoms with Crippen LogP contribution in [0.5, 0.6) is 0 Å². The van der Waals surface area contributed by atoms with E-state index in [1.54, 1.807) is 12.1 Å². The zero-order chi connectivity index (χ0) is 13.8. The van der Waals surface area contributed by atoms with Gasteiger partial charge in [-0.1, -0.05) is 30.3 Å². The Morgan fingerprint density at radius 3 is 2.37 bits per heavy atom. The first-order valence-corrected chi connectivity index (χ1v) is 6.17. The Bertz CT molecular complexity index is 587. The van der Waals surface area contributed by atoms with Gasteiger partial charge in [0.1, 0.15) is 5.82 Å². The Hall–Kier alpha value is -2.16. The molecule has 0 fully saturated rings. The van der Waals surface area contributed by atoms with Gasteiger partial charge in [0.05, 0.1) is 6.42 Å². The smallest absolute Gasteiger partial charge is 0.228 e. The topological polar surface area (TPSA) is 29.1 Å². The summed E-state index contributed by atoms with van der Waals surface area (Å²) >= 11 is 0. The third-order valence-electron chi connectivity index (χ3n) is 3.00. The Morgan fingerprint density at radius 2 is 1.74 bits per heavy atom. The van der Waals surface area contributed by atoms with E-state index < -0.39 is 0 Å². The fourth-order valence-corrected chi connectivity index (χ4v) is 2.03. The van der Waals surface area contributed by atoms with Crippen LogP contribution in [-0.4, -0.2) is 5.91 Å². The van der Waals surface area contributed by atoms with Crippen molar-refractivity contribution >= 4 is 11.6 Å². The Labute approximate surface area is 112 Å². The minimum atomic E-state index is -0.322. The van der Waals surface area contributed by atoms with Gasteiger partial charge < -0.3 is 5.32 Å². The van der Waals surface area contributed by atoms with E-state index in [1.165, 1.54) is 12.1 Å². The van der Waals surface area contributed by atoms with Gasteiger partial charge in [0.2, 0.25) is 5.91 Å². The van der Waals surface area contributed by atoms with Crippen LogP contribution in [0.3, 0.4) is 0 Å². The number of aryl methyl sites for hydroxylation is 2. The molecule has 98 valence electrons. The maximum atomic E-state index is 13.0. The SMILES string of the molecule is Cc1cccc(C)c1NC(=O)Cc1cccc(F)c1. The standard InChI is InChI=1S/C16H16FNO/c1-11-5-3-6-12(2)16(11)18-15(19)10-13-7-4-8-14(17)9-13/h3-9H,10H2,1-2H3,(H,18,19). The van der Waals surface area contributed by atoms with Gasteiger partial charge in [-0.2, -0.15) is 0 Å². The third-order valence-corrected chi connectivity index (χ3v) is 3.00. The highest BCUT2D eigenvalue weighted by molar-refractivity contribution is 5.93. The van der Waals surface area contributed by atoms with E-state index in [2.05, 4.69) is 5.32 Å². The number of anilines is 1. The van der Waals surface area contributed by atoms with Crippen molar-refractivity contribution in [3.8, 4) is 0 Å². The molecule has 2 nitrogen and oxygen atoms in total. The molecule has 2 rings (SSSR count). The molecule has 2 aromatic rings. The Kier molecular flexibility index (Phi) is 3.95. The highest BCUT2D eigenvalue weighted by Crippen LogP contribution is 2.19. The van der Waals surface area contributed by atoms with Crippen molar-refractivity contribution in [1.29, 1.82) is 0 Å². The largest absolute Gasteiger partial charge is 0.325 e. The summed E-state index contributed by atoms with van der Waals surface area (Å²) in [7, 11) is 0. The molecular weight excluding hydrogens is 241 g/mol. The molecule has 0 heterocycles. The molecule has 0 aliphatic heterocycles. The van der Waals surface area contributed by atoms with Crippen LogP contribution in [0.2, 0.25) is 0 Å². The maximum absolute atomic E-state index is 13.0. The monoisotopic (exact) mass is 257 g/mol. The number of hydrogen-bond acceptors (Lipinski definition) is 1. The van der Waals surface area contributed by atoms with E-state index in [0.717, 1.165) is 16.8 Å². The molecule has 0 aliphatic rings. The molecule has 2 aromatic carbocycles. The summed E-state index contributed by atoms with van der Waals surface area (Å²) in [6.45, 7) is 3.90. The minimum Gasteiger partial charge on any atom is -0.325 e. The molecule has 0 saturated heterocycles. The zero-order valence-electron chi connectivity index (χ0n) is 11.0. The zero-order valence-corrected chi connectivity index (χ0v) is 11.0. The van der Waals surface area contributed by atoms with Crippen LogP contribution in [0.4, 0.5) is 10.1 Å². The minimum absolute atomic E-state index is 0.136. The number of hydrogen-bond donors (Lipinski definition) is 1. The van der Waals surface area contributed by atoms with Gasteiger partial charge in [-0.05, 0) is 42.7 Å². The molecule has 0 saturated carbocycles. The summed E-state index contributed by atoms with van der Waals surface area (Å²) in [4.78, 5) is 12.0. The van der Waals surface area contributed by atoms with Crippen LogP contribution in [-0.2, 0) is 11.2 Å². The molecular formula is C16H16FNO. The molecule has 1 N–H and O–H groups in total. The number of para-hydroxylation sites is 1. The summed E-state index contributed by atoms with van der Waals surface area (Å²) < 4.78 is 13.0. The summed E-state index contributed by atoms with van der Waals surface area (Å²) in [6, 6.07) is 11.9. The Morgan fingerprint density at radius 1 is 1.11 bits per heavy atom. The normalized spacial score (nSPS) is 10.3. The molecule has 0 radical (unpaired) electrons. The first-order chi connectivity index (χ1) is 9.06. The number of rotatable bonds is 3. The second-order valence-corrected chi connectivity index (χ2v) is 4.62. The molecule has 0 unspecified atom stereocenters. The lowest BCUT2D eigenvalue weighted by molar-refractivity contribution is -0.115. The first kappa shape index (κ1) is 13.3. The quantitative estimate of drug-likeness (QED) is 0.894. The summed E-state index contributed by atoms with van der Waals surface area (Å²) in [6.07, 6.45) is 0.172. The van der Waals surface area contributed by atoms with Crippen LogP contribution >= 0.6 is 0 Å². The predicted molar refractivity (Wildman–Crippen MR) is 74.6 cm³/mol. The van der Waals surface area contributed by atoms with Crippen LogP contribution in [0, 0.1) is 19.7 Å². The van der Waals surface area contributed by atoms with Crippen LogP contribution in [0.1, 0.15) is 16.7 Å². The van der Waals surface area contributed by atoms with Crippen molar-refractivity contribution in [1.82, 2.24) is 0 Å². The van der Waals surface area contributed by atoms with E-state index in [0.29, 0.717) is 5.56 Å². The maximum Gasteiger partial charge on any atom is 0.228 e. The lowest BCUT2D eigenvalue weighted by Gasteiger charge is -2.11. The molecule has 0 bridgehead atoms. The number of carbonyl (C=O) groups is 1. The van der Waals surface area contributed by atoms with Crippen LogP contribution in [0.15, 0.2) is 42.5 Å². The molecule has 3 heteroatoms.